The minimum Gasteiger partial charge on any atom is -0.454 e. The van der Waals surface area contributed by atoms with Crippen molar-refractivity contribution in [1.82, 2.24) is 5.32 Å². The third-order valence-corrected chi connectivity index (χ3v) is 4.92. The number of fused-ring (bicyclic) bond motifs is 1. The number of morpholine rings is 1. The molecule has 0 bridgehead atoms. The van der Waals surface area contributed by atoms with Crippen molar-refractivity contribution < 1.29 is 23.9 Å². The summed E-state index contributed by atoms with van der Waals surface area (Å²) in [7, 11) is 0. The Morgan fingerprint density at radius 1 is 1.10 bits per heavy atom. The van der Waals surface area contributed by atoms with Gasteiger partial charge in [-0.15, -0.1) is 0 Å². The molecule has 1 saturated heterocycles. The first-order valence-corrected chi connectivity index (χ1v) is 9.40. The van der Waals surface area contributed by atoms with Gasteiger partial charge >= 0.3 is 0 Å². The zero-order valence-electron chi connectivity index (χ0n) is 15.8. The Kier molecular flexibility index (Phi) is 5.48. The predicted molar refractivity (Wildman–Crippen MR) is 105 cm³/mol. The van der Waals surface area contributed by atoms with E-state index in [4.69, 9.17) is 14.2 Å². The lowest BCUT2D eigenvalue weighted by atomic mass is 10.1. The molecule has 1 amide bonds. The Labute approximate surface area is 167 Å². The van der Waals surface area contributed by atoms with Crippen molar-refractivity contribution in [3.8, 4) is 11.5 Å². The zero-order chi connectivity index (χ0) is 20.2. The lowest BCUT2D eigenvalue weighted by molar-refractivity contribution is -0.384. The Hall–Kier alpha value is -3.33. The number of hydrogen-bond acceptors (Lipinski definition) is 7. The standard InChI is InChI=1S/C20H21N3O6/c24-20(21-6-5-14-1-4-18-19(11-14)29-13-28-18)15-2-3-16(17(12-15)23(25)26)22-7-9-27-10-8-22/h1-4,11-12H,5-10,13H2,(H,21,24). The van der Waals surface area contributed by atoms with Crippen LogP contribution in [0.5, 0.6) is 11.5 Å². The molecule has 0 aromatic heterocycles. The van der Waals surface area contributed by atoms with Crippen LogP contribution in [0, 0.1) is 10.1 Å². The van der Waals surface area contributed by atoms with E-state index in [1.165, 1.54) is 6.07 Å². The van der Waals surface area contributed by atoms with Crippen LogP contribution in [0.2, 0.25) is 0 Å². The lowest BCUT2D eigenvalue weighted by Crippen LogP contribution is -2.36. The van der Waals surface area contributed by atoms with Crippen LogP contribution >= 0.6 is 0 Å². The van der Waals surface area contributed by atoms with Gasteiger partial charge < -0.3 is 24.4 Å². The van der Waals surface area contributed by atoms with Crippen LogP contribution in [-0.2, 0) is 11.2 Å². The van der Waals surface area contributed by atoms with Gasteiger partial charge in [0.15, 0.2) is 11.5 Å². The van der Waals surface area contributed by atoms with Crippen LogP contribution < -0.4 is 19.7 Å². The van der Waals surface area contributed by atoms with Crippen molar-refractivity contribution >= 4 is 17.3 Å². The van der Waals surface area contributed by atoms with Crippen LogP contribution in [0.25, 0.3) is 0 Å². The maximum Gasteiger partial charge on any atom is 0.293 e. The van der Waals surface area contributed by atoms with Crippen molar-refractivity contribution in [2.45, 2.75) is 6.42 Å². The number of anilines is 1. The third kappa shape index (κ3) is 4.24. The summed E-state index contributed by atoms with van der Waals surface area (Å²) >= 11 is 0. The number of nitro groups is 1. The van der Waals surface area contributed by atoms with E-state index in [1.54, 1.807) is 12.1 Å². The van der Waals surface area contributed by atoms with Crippen molar-refractivity contribution in [2.75, 3.05) is 44.5 Å². The van der Waals surface area contributed by atoms with Crippen LogP contribution in [0.15, 0.2) is 36.4 Å². The Morgan fingerprint density at radius 2 is 1.90 bits per heavy atom. The van der Waals surface area contributed by atoms with E-state index < -0.39 is 4.92 Å². The van der Waals surface area contributed by atoms with Gasteiger partial charge in [-0.25, -0.2) is 0 Å². The van der Waals surface area contributed by atoms with Gasteiger partial charge in [0, 0.05) is 31.3 Å². The molecule has 2 aromatic rings. The quantitative estimate of drug-likeness (QED) is 0.586. The number of ether oxygens (including phenoxy) is 3. The fraction of sp³-hybridized carbons (Fsp3) is 0.350. The van der Waals surface area contributed by atoms with Crippen molar-refractivity contribution in [1.29, 1.82) is 0 Å². The molecule has 4 rings (SSSR count). The highest BCUT2D eigenvalue weighted by atomic mass is 16.7. The average molecular weight is 399 g/mol. The molecule has 0 aliphatic carbocycles. The van der Waals surface area contributed by atoms with Gasteiger partial charge in [0.1, 0.15) is 5.69 Å². The molecule has 0 radical (unpaired) electrons. The monoisotopic (exact) mass is 399 g/mol. The van der Waals surface area contributed by atoms with Crippen LogP contribution in [0.4, 0.5) is 11.4 Å². The van der Waals surface area contributed by atoms with Crippen molar-refractivity contribution in [2.24, 2.45) is 0 Å². The molecular weight excluding hydrogens is 378 g/mol. The molecule has 2 heterocycles. The van der Waals surface area contributed by atoms with E-state index in [1.807, 2.05) is 23.1 Å². The van der Waals surface area contributed by atoms with Gasteiger partial charge in [0.2, 0.25) is 6.79 Å². The maximum absolute atomic E-state index is 12.5. The van der Waals surface area contributed by atoms with Gasteiger partial charge in [-0.2, -0.15) is 0 Å². The molecule has 0 unspecified atom stereocenters. The van der Waals surface area contributed by atoms with Gasteiger partial charge in [0.25, 0.3) is 11.6 Å². The topological polar surface area (TPSA) is 103 Å². The molecule has 152 valence electrons. The Morgan fingerprint density at radius 3 is 2.69 bits per heavy atom. The van der Waals surface area contributed by atoms with Crippen LogP contribution in [0.1, 0.15) is 15.9 Å². The second-order valence-electron chi connectivity index (χ2n) is 6.75. The molecule has 0 spiro atoms. The SMILES string of the molecule is O=C(NCCc1ccc2c(c1)OCO2)c1ccc(N2CCOCC2)c([N+](=O)[O-])c1. The molecule has 1 fully saturated rings. The van der Waals surface area contributed by atoms with E-state index >= 15 is 0 Å². The van der Waals surface area contributed by atoms with Crippen LogP contribution in [0.3, 0.4) is 0 Å². The number of rotatable bonds is 6. The Balaban J connectivity index is 1.40. The molecule has 9 heteroatoms. The minimum absolute atomic E-state index is 0.0738. The Bertz CT molecular complexity index is 926. The number of nitro benzene ring substituents is 1. The maximum atomic E-state index is 12.5. The fourth-order valence-electron chi connectivity index (χ4n) is 3.40. The first-order chi connectivity index (χ1) is 14.1. The van der Waals surface area contributed by atoms with Crippen molar-refractivity contribution in [3.05, 3.63) is 57.6 Å². The summed E-state index contributed by atoms with van der Waals surface area (Å²) in [6, 6.07) is 10.2. The highest BCUT2D eigenvalue weighted by Gasteiger charge is 2.23. The molecule has 2 aromatic carbocycles. The zero-order valence-corrected chi connectivity index (χ0v) is 15.8. The number of benzene rings is 2. The summed E-state index contributed by atoms with van der Waals surface area (Å²) < 4.78 is 15.9. The number of nitrogens with zero attached hydrogens (tertiary/aromatic N) is 2. The van der Waals surface area contributed by atoms with E-state index in [9.17, 15) is 14.9 Å². The summed E-state index contributed by atoms with van der Waals surface area (Å²) in [6.45, 7) is 2.84. The minimum atomic E-state index is -0.450. The number of carbonyl (C=O) groups excluding carboxylic acids is 1. The first kappa shape index (κ1) is 19.0. The smallest absolute Gasteiger partial charge is 0.293 e. The predicted octanol–water partition coefficient (Wildman–Crippen LogP) is 2.13. The fourth-order valence-corrected chi connectivity index (χ4v) is 3.40. The van der Waals surface area contributed by atoms with Gasteiger partial charge in [-0.3, -0.25) is 14.9 Å². The molecule has 2 aliphatic heterocycles. The average Bonchev–Trinajstić information content (AvgIpc) is 3.22. The van der Waals surface area contributed by atoms with E-state index in [-0.39, 0.29) is 24.0 Å². The van der Waals surface area contributed by atoms with Crippen LogP contribution in [-0.4, -0.2) is 50.5 Å². The summed E-state index contributed by atoms with van der Waals surface area (Å²) in [6.07, 6.45) is 0.607. The molecule has 0 saturated carbocycles. The second kappa shape index (κ2) is 8.36. The van der Waals surface area contributed by atoms with E-state index in [0.29, 0.717) is 56.5 Å². The highest BCUT2D eigenvalue weighted by molar-refractivity contribution is 5.95. The molecule has 29 heavy (non-hydrogen) atoms. The number of carbonyl (C=O) groups is 1. The van der Waals surface area contributed by atoms with Crippen molar-refractivity contribution in [3.63, 3.8) is 0 Å². The summed E-state index contributed by atoms with van der Waals surface area (Å²) in [5.41, 5.74) is 1.70. The largest absolute Gasteiger partial charge is 0.454 e. The van der Waals surface area contributed by atoms with E-state index in [2.05, 4.69) is 5.32 Å². The molecular formula is C20H21N3O6. The number of amides is 1. The molecule has 1 N–H and O–H groups in total. The second-order valence-corrected chi connectivity index (χ2v) is 6.75. The highest BCUT2D eigenvalue weighted by Crippen LogP contribution is 2.32. The number of nitrogens with one attached hydrogen (secondary N) is 1. The van der Waals surface area contributed by atoms with E-state index in [0.717, 1.165) is 5.56 Å². The lowest BCUT2D eigenvalue weighted by Gasteiger charge is -2.28. The summed E-state index contributed by atoms with van der Waals surface area (Å²) in [4.78, 5) is 25.5. The van der Waals surface area contributed by atoms with Gasteiger partial charge in [0.05, 0.1) is 18.1 Å². The summed E-state index contributed by atoms with van der Waals surface area (Å²) in [5.74, 6) is 1.07. The van der Waals surface area contributed by atoms with Gasteiger partial charge in [-0.05, 0) is 36.2 Å². The molecule has 9 nitrogen and oxygen atoms in total. The van der Waals surface area contributed by atoms with Gasteiger partial charge in [-0.1, -0.05) is 6.07 Å². The molecule has 2 aliphatic rings. The summed E-state index contributed by atoms with van der Waals surface area (Å²) in [5, 5.41) is 14.3. The first-order valence-electron chi connectivity index (χ1n) is 9.40. The normalized spacial score (nSPS) is 15.2. The number of hydrogen-bond donors (Lipinski definition) is 1. The molecule has 0 atom stereocenters. The third-order valence-electron chi connectivity index (χ3n) is 4.92.